The zero-order chi connectivity index (χ0) is 12.0. The lowest BCUT2D eigenvalue weighted by Crippen LogP contribution is -2.18. The summed E-state index contributed by atoms with van der Waals surface area (Å²) in [4.78, 5) is 4.37. The highest BCUT2D eigenvalue weighted by atomic mass is 19.1. The summed E-state index contributed by atoms with van der Waals surface area (Å²) < 4.78 is 15.6. The van der Waals surface area contributed by atoms with E-state index in [1.165, 1.54) is 12.5 Å². The first-order valence-electron chi connectivity index (χ1n) is 5.79. The van der Waals surface area contributed by atoms with Crippen LogP contribution in [0.3, 0.4) is 0 Å². The number of halogens is 1. The number of fused-ring (bicyclic) bond motifs is 1. The number of benzene rings is 1. The van der Waals surface area contributed by atoms with Crippen LogP contribution in [0, 0.1) is 24.1 Å². The summed E-state index contributed by atoms with van der Waals surface area (Å²) >= 11 is 0. The van der Waals surface area contributed by atoms with E-state index in [-0.39, 0.29) is 5.56 Å². The van der Waals surface area contributed by atoms with E-state index in [1.54, 1.807) is 6.07 Å². The smallest absolute Gasteiger partial charge is 0.143 e. The molecule has 0 amide bonds. The van der Waals surface area contributed by atoms with Crippen LogP contribution in [-0.2, 0) is 0 Å². The molecule has 1 aliphatic carbocycles. The van der Waals surface area contributed by atoms with Crippen molar-refractivity contribution in [2.24, 2.45) is 0 Å². The third-order valence-electron chi connectivity index (χ3n) is 3.51. The number of aryl methyl sites for hydroxylation is 1. The number of nitrogens with zero attached hydrogens (tertiary/aromatic N) is 3. The van der Waals surface area contributed by atoms with E-state index >= 15 is 0 Å². The molecule has 1 saturated carbocycles. The zero-order valence-corrected chi connectivity index (χ0v) is 9.57. The fraction of sp³-hybridized carbons (Fsp3) is 0.385. The summed E-state index contributed by atoms with van der Waals surface area (Å²) in [7, 11) is 0. The summed E-state index contributed by atoms with van der Waals surface area (Å²) in [6, 6.07) is 5.32. The molecule has 86 valence electrons. The molecule has 1 heterocycles. The standard InChI is InChI=1S/C13H12FN3/c1-8-16-12-6-11(14)9(7-15)5-13(12)17(8)10-3-2-4-10/h5-6,10H,2-4H2,1H3. The van der Waals surface area contributed by atoms with Gasteiger partial charge in [-0.1, -0.05) is 0 Å². The van der Waals surface area contributed by atoms with Gasteiger partial charge in [-0.05, 0) is 32.3 Å². The van der Waals surface area contributed by atoms with Gasteiger partial charge >= 0.3 is 0 Å². The molecule has 0 unspecified atom stereocenters. The van der Waals surface area contributed by atoms with Crippen LogP contribution in [0.15, 0.2) is 12.1 Å². The Labute approximate surface area is 98.5 Å². The summed E-state index contributed by atoms with van der Waals surface area (Å²) in [5, 5.41) is 8.87. The largest absolute Gasteiger partial charge is 0.325 e. The predicted octanol–water partition coefficient (Wildman–Crippen LogP) is 3.08. The van der Waals surface area contributed by atoms with Crippen LogP contribution in [0.2, 0.25) is 0 Å². The first-order chi connectivity index (χ1) is 8.20. The first kappa shape index (κ1) is 10.3. The number of hydrogen-bond donors (Lipinski definition) is 0. The summed E-state index contributed by atoms with van der Waals surface area (Å²) in [6.07, 6.45) is 3.52. The van der Waals surface area contributed by atoms with Crippen molar-refractivity contribution < 1.29 is 4.39 Å². The topological polar surface area (TPSA) is 41.6 Å². The van der Waals surface area contributed by atoms with E-state index in [0.29, 0.717) is 11.6 Å². The number of imidazole rings is 1. The Morgan fingerprint density at radius 2 is 2.24 bits per heavy atom. The van der Waals surface area contributed by atoms with Crippen molar-refractivity contribution >= 4 is 11.0 Å². The average Bonchev–Trinajstić information content (AvgIpc) is 2.52. The lowest BCUT2D eigenvalue weighted by molar-refractivity contribution is 0.316. The molecule has 1 aliphatic rings. The number of nitriles is 1. The molecule has 0 atom stereocenters. The van der Waals surface area contributed by atoms with E-state index in [0.717, 1.165) is 24.2 Å². The van der Waals surface area contributed by atoms with Gasteiger partial charge in [0.2, 0.25) is 0 Å². The second-order valence-electron chi connectivity index (χ2n) is 4.55. The van der Waals surface area contributed by atoms with Gasteiger partial charge in [-0.3, -0.25) is 0 Å². The van der Waals surface area contributed by atoms with Crippen LogP contribution in [0.4, 0.5) is 4.39 Å². The summed E-state index contributed by atoms with van der Waals surface area (Å²) in [5.74, 6) is 0.414. The Hall–Kier alpha value is -1.89. The maximum atomic E-state index is 13.5. The average molecular weight is 229 g/mol. The number of aromatic nitrogens is 2. The Morgan fingerprint density at radius 3 is 2.82 bits per heavy atom. The van der Waals surface area contributed by atoms with Crippen LogP contribution in [0.1, 0.15) is 36.7 Å². The predicted molar refractivity (Wildman–Crippen MR) is 62.0 cm³/mol. The van der Waals surface area contributed by atoms with Crippen molar-refractivity contribution in [3.8, 4) is 6.07 Å². The summed E-state index contributed by atoms with van der Waals surface area (Å²) in [6.45, 7) is 1.93. The van der Waals surface area contributed by atoms with Crippen LogP contribution in [0.5, 0.6) is 0 Å². The Bertz CT molecular complexity index is 632. The van der Waals surface area contributed by atoms with Crippen molar-refractivity contribution in [3.05, 3.63) is 29.3 Å². The molecule has 1 aromatic heterocycles. The molecule has 3 nitrogen and oxygen atoms in total. The van der Waals surface area contributed by atoms with Gasteiger partial charge in [0.15, 0.2) is 0 Å². The van der Waals surface area contributed by atoms with E-state index in [2.05, 4.69) is 9.55 Å². The van der Waals surface area contributed by atoms with Crippen molar-refractivity contribution in [2.45, 2.75) is 32.2 Å². The summed E-state index contributed by atoms with van der Waals surface area (Å²) in [5.41, 5.74) is 1.62. The Kier molecular flexibility index (Phi) is 2.15. The Balaban J connectivity index is 2.27. The van der Waals surface area contributed by atoms with Gasteiger partial charge in [0.25, 0.3) is 0 Å². The van der Waals surface area contributed by atoms with E-state index < -0.39 is 5.82 Å². The molecular formula is C13H12FN3. The highest BCUT2D eigenvalue weighted by Gasteiger charge is 2.23. The van der Waals surface area contributed by atoms with Gasteiger partial charge in [-0.25, -0.2) is 9.37 Å². The van der Waals surface area contributed by atoms with Gasteiger partial charge < -0.3 is 4.57 Å². The molecule has 0 N–H and O–H groups in total. The molecule has 0 radical (unpaired) electrons. The van der Waals surface area contributed by atoms with E-state index in [1.807, 2.05) is 13.0 Å². The maximum absolute atomic E-state index is 13.5. The van der Waals surface area contributed by atoms with Gasteiger partial charge in [-0.2, -0.15) is 5.26 Å². The lowest BCUT2D eigenvalue weighted by atomic mass is 9.92. The fourth-order valence-corrected chi connectivity index (χ4v) is 2.43. The van der Waals surface area contributed by atoms with Crippen LogP contribution in [-0.4, -0.2) is 9.55 Å². The van der Waals surface area contributed by atoms with Crippen molar-refractivity contribution in [3.63, 3.8) is 0 Å². The molecule has 0 spiro atoms. The molecule has 17 heavy (non-hydrogen) atoms. The quantitative estimate of drug-likeness (QED) is 0.754. The number of rotatable bonds is 1. The minimum atomic E-state index is -0.488. The van der Waals surface area contributed by atoms with Crippen LogP contribution < -0.4 is 0 Å². The van der Waals surface area contributed by atoms with Crippen LogP contribution in [0.25, 0.3) is 11.0 Å². The molecule has 0 saturated heterocycles. The second-order valence-corrected chi connectivity index (χ2v) is 4.55. The lowest BCUT2D eigenvalue weighted by Gasteiger charge is -2.28. The van der Waals surface area contributed by atoms with Crippen molar-refractivity contribution in [1.29, 1.82) is 5.26 Å². The number of hydrogen-bond acceptors (Lipinski definition) is 2. The van der Waals surface area contributed by atoms with Crippen molar-refractivity contribution in [2.75, 3.05) is 0 Å². The van der Waals surface area contributed by atoms with Crippen molar-refractivity contribution in [1.82, 2.24) is 9.55 Å². The van der Waals surface area contributed by atoms with Crippen LogP contribution >= 0.6 is 0 Å². The highest BCUT2D eigenvalue weighted by Crippen LogP contribution is 2.35. The molecule has 3 rings (SSSR count). The monoisotopic (exact) mass is 229 g/mol. The van der Waals surface area contributed by atoms with Gasteiger partial charge in [0.1, 0.15) is 17.7 Å². The normalized spacial score (nSPS) is 15.8. The zero-order valence-electron chi connectivity index (χ0n) is 9.57. The highest BCUT2D eigenvalue weighted by molar-refractivity contribution is 5.78. The maximum Gasteiger partial charge on any atom is 0.143 e. The first-order valence-corrected chi connectivity index (χ1v) is 5.79. The molecule has 0 bridgehead atoms. The Morgan fingerprint density at radius 1 is 1.47 bits per heavy atom. The minimum absolute atomic E-state index is 0.0953. The molecule has 0 aliphatic heterocycles. The molecule has 2 aromatic rings. The molecule has 4 heteroatoms. The van der Waals surface area contributed by atoms with Gasteiger partial charge in [-0.15, -0.1) is 0 Å². The van der Waals surface area contributed by atoms with E-state index in [4.69, 9.17) is 5.26 Å². The third-order valence-corrected chi connectivity index (χ3v) is 3.51. The minimum Gasteiger partial charge on any atom is -0.325 e. The van der Waals surface area contributed by atoms with Gasteiger partial charge in [0, 0.05) is 12.1 Å². The third kappa shape index (κ3) is 1.42. The fourth-order valence-electron chi connectivity index (χ4n) is 2.43. The van der Waals surface area contributed by atoms with Gasteiger partial charge in [0.05, 0.1) is 16.6 Å². The SMILES string of the molecule is Cc1nc2cc(F)c(C#N)cc2n1C1CCC1. The molecule has 1 aromatic carbocycles. The molecule has 1 fully saturated rings. The molecular weight excluding hydrogens is 217 g/mol. The van der Waals surface area contributed by atoms with E-state index in [9.17, 15) is 4.39 Å². The second kappa shape index (κ2) is 3.56.